The molecule has 0 nitrogen and oxygen atoms in total. The van der Waals surface area contributed by atoms with Crippen LogP contribution in [0, 0.1) is 0 Å². The average molecular weight is 1200 g/mol. The minimum absolute atomic E-state index is 1.24. The van der Waals surface area contributed by atoms with Gasteiger partial charge in [0.05, 0.1) is 0 Å². The predicted molar refractivity (Wildman–Crippen MR) is 308 cm³/mol. The van der Waals surface area contributed by atoms with Crippen LogP contribution in [-0.4, -0.2) is 59.8 Å². The number of hydrogen-bond acceptors (Lipinski definition) is 8. The van der Waals surface area contributed by atoms with Crippen LogP contribution in [0.3, 0.4) is 0 Å². The third-order valence-electron chi connectivity index (χ3n) is 11.7. The normalized spacial score (nSPS) is 12.5. The molecule has 0 aliphatic rings. The van der Waals surface area contributed by atoms with Gasteiger partial charge in [0.1, 0.15) is 0 Å². The van der Waals surface area contributed by atoms with E-state index in [9.17, 15) is 0 Å². The summed E-state index contributed by atoms with van der Waals surface area (Å²) in [6.45, 7) is 9.33. The summed E-state index contributed by atoms with van der Waals surface area (Å²) in [5.74, 6) is 4.98. The fourth-order valence-electron chi connectivity index (χ4n) is 7.88. The fraction of sp³-hybridized carbons (Fsp3) is 0.654. The van der Waals surface area contributed by atoms with Crippen LogP contribution >= 0.6 is 92.4 Å². The Labute approximate surface area is 422 Å². The van der Waals surface area contributed by atoms with Crippen molar-refractivity contribution < 1.29 is 0 Å². The van der Waals surface area contributed by atoms with Gasteiger partial charge in [0.15, 0.2) is 0 Å². The molecule has 346 valence electrons. The molecular weight excluding hydrogens is 1120 g/mol. The monoisotopic (exact) mass is 1200 g/mol. The van der Waals surface area contributed by atoms with Crippen LogP contribution in [0.1, 0.15) is 156 Å². The summed E-state index contributed by atoms with van der Waals surface area (Å²) in [5, 5.41) is 3.13. The van der Waals surface area contributed by atoms with Crippen molar-refractivity contribution in [2.45, 2.75) is 204 Å². The molecule has 0 saturated carbocycles. The molecule has 0 bridgehead atoms. The average Bonchev–Trinajstić information content (AvgIpc) is 4.04. The second kappa shape index (κ2) is 28.3. The summed E-state index contributed by atoms with van der Waals surface area (Å²) in [6, 6.07) is 10.8. The Morgan fingerprint density at radius 2 is 0.677 bits per heavy atom. The Morgan fingerprint density at radius 1 is 0.371 bits per heavy atom. The van der Waals surface area contributed by atoms with Crippen LogP contribution in [0.2, 0.25) is 29.6 Å². The van der Waals surface area contributed by atoms with Crippen LogP contribution < -0.4 is 5.79 Å². The third-order valence-corrected chi connectivity index (χ3v) is 40.7. The molecule has 4 aromatic heterocycles. The molecule has 0 atom stereocenters. The van der Waals surface area contributed by atoms with Gasteiger partial charge in [0, 0.05) is 0 Å². The zero-order chi connectivity index (χ0) is 44.5. The molecule has 0 saturated heterocycles. The summed E-state index contributed by atoms with van der Waals surface area (Å²) in [5.41, 5.74) is 3.15. The molecule has 0 aliphatic heterocycles. The number of fused-ring (bicyclic) bond motifs is 2. The van der Waals surface area contributed by atoms with Gasteiger partial charge in [-0.3, -0.25) is 0 Å². The Balaban J connectivity index is 1.64. The summed E-state index contributed by atoms with van der Waals surface area (Å²) in [6.07, 6.45) is 27.2. The van der Waals surface area contributed by atoms with Crippen molar-refractivity contribution in [3.63, 3.8) is 0 Å². The first-order valence-electron chi connectivity index (χ1n) is 24.7. The maximum atomic E-state index is 2.74. The van der Waals surface area contributed by atoms with Crippen molar-refractivity contribution in [3.8, 4) is 20.9 Å². The van der Waals surface area contributed by atoms with Crippen LogP contribution in [0.5, 0.6) is 0 Å². The van der Waals surface area contributed by atoms with Crippen molar-refractivity contribution in [1.29, 1.82) is 0 Å². The molecule has 0 radical (unpaired) electrons. The van der Waals surface area contributed by atoms with Crippen molar-refractivity contribution in [2.75, 3.05) is 23.0 Å². The van der Waals surface area contributed by atoms with E-state index < -0.39 is 36.8 Å². The summed E-state index contributed by atoms with van der Waals surface area (Å²) < 4.78 is 9.79. The molecule has 0 unspecified atom stereocenters. The minimum atomic E-state index is -2.43. The fourth-order valence-corrected chi connectivity index (χ4v) is 28.8. The molecule has 0 amide bonds. The zero-order valence-electron chi connectivity index (χ0n) is 40.5. The van der Waals surface area contributed by atoms with Crippen LogP contribution in [0.25, 0.3) is 41.1 Å². The summed E-state index contributed by atoms with van der Waals surface area (Å²) in [4.78, 5) is 22.0. The second-order valence-electron chi connectivity index (χ2n) is 19.5. The van der Waals surface area contributed by atoms with E-state index in [1.807, 2.05) is 0 Å². The molecule has 62 heavy (non-hydrogen) atoms. The van der Waals surface area contributed by atoms with Gasteiger partial charge in [0.2, 0.25) is 0 Å². The van der Waals surface area contributed by atoms with Crippen molar-refractivity contribution in [2.24, 2.45) is 0 Å². The van der Waals surface area contributed by atoms with Gasteiger partial charge in [-0.2, -0.15) is 0 Å². The van der Waals surface area contributed by atoms with Crippen molar-refractivity contribution >= 4 is 155 Å². The SMILES string of the molecule is CCCCCCCCSc1cc(-c2c3c[c]([Sn]([CH3])([CH3])[CH3])sc3c(-c3cc(SCCCCCCCC)c(SCCCCCC)s3)c3c[c]([Sn]([CH3])([CH3])[CH3])sc23)sc1SCCCCCC. The Bertz CT molecular complexity index is 1850. The van der Waals surface area contributed by atoms with E-state index in [-0.39, 0.29) is 0 Å². The van der Waals surface area contributed by atoms with Gasteiger partial charge < -0.3 is 0 Å². The number of benzene rings is 1. The molecule has 0 fully saturated rings. The number of rotatable bonds is 32. The molecule has 5 aromatic rings. The Kier molecular flexibility index (Phi) is 24.8. The second-order valence-corrected chi connectivity index (χ2v) is 59.6. The molecule has 1 aromatic carbocycles. The standard InChI is InChI=1S/C46H64S8.6CH3.2Sn/c1-5-9-13-17-19-23-27-47-39-33-37(53-45(39)51-29-21-15-11-7-3)41-35-25-31-50-44(35)42(36-26-32-49-43(36)41)38-34-40(48-28-24-20-18-14-10-6-2)46(54-38)52-30-22-16-12-8-4;;;;;;;;/h25-26,33-34H,5-24,27-30H2,1-4H3;6*1H3;;. The zero-order valence-corrected chi connectivity index (χ0v) is 52.8. The molecule has 0 aliphatic carbocycles. The smallest absolute Gasteiger partial charge is 0.0654 e. The van der Waals surface area contributed by atoms with E-state index in [1.54, 1.807) is 55.3 Å². The van der Waals surface area contributed by atoms with Gasteiger partial charge in [-0.05, 0) is 0 Å². The van der Waals surface area contributed by atoms with Gasteiger partial charge in [-0.15, -0.1) is 0 Å². The quantitative estimate of drug-likeness (QED) is 0.0239. The van der Waals surface area contributed by atoms with Gasteiger partial charge in [0.25, 0.3) is 0 Å². The summed E-state index contributed by atoms with van der Waals surface area (Å²) in [7, 11) is 0. The Hall–Kier alpha value is 1.54. The molecule has 0 N–H and O–H groups in total. The van der Waals surface area contributed by atoms with Crippen LogP contribution in [0.4, 0.5) is 0 Å². The van der Waals surface area contributed by atoms with Crippen LogP contribution in [0.15, 0.2) is 42.5 Å². The maximum absolute atomic E-state index is 2.74. The van der Waals surface area contributed by atoms with Gasteiger partial charge >= 0.3 is 348 Å². The van der Waals surface area contributed by atoms with Crippen molar-refractivity contribution in [1.82, 2.24) is 0 Å². The van der Waals surface area contributed by atoms with E-state index in [4.69, 9.17) is 0 Å². The molecule has 0 spiro atoms. The number of unbranched alkanes of at least 4 members (excludes halogenated alkanes) is 16. The van der Waals surface area contributed by atoms with Crippen LogP contribution in [-0.2, 0) is 0 Å². The first-order chi connectivity index (χ1) is 29.9. The van der Waals surface area contributed by atoms with Gasteiger partial charge in [-0.25, -0.2) is 0 Å². The topological polar surface area (TPSA) is 0 Å². The Morgan fingerprint density at radius 3 is 1.02 bits per heavy atom. The van der Waals surface area contributed by atoms with E-state index >= 15 is 0 Å². The molecule has 4 heterocycles. The molecule has 5 rings (SSSR count). The van der Waals surface area contributed by atoms with Gasteiger partial charge in [-0.1, -0.05) is 79.1 Å². The van der Waals surface area contributed by atoms with E-state index in [0.29, 0.717) is 0 Å². The summed E-state index contributed by atoms with van der Waals surface area (Å²) >= 11 is 12.5. The first kappa shape index (κ1) is 54.5. The van der Waals surface area contributed by atoms with E-state index in [1.165, 1.54) is 161 Å². The minimum Gasteiger partial charge on any atom is -0.0654 e. The number of thiophene rings is 4. The number of thioether (sulfide) groups is 4. The predicted octanol–water partition coefficient (Wildman–Crippen LogP) is 20.9. The van der Waals surface area contributed by atoms with Crippen molar-refractivity contribution in [3.05, 3.63) is 24.3 Å². The first-order valence-corrected chi connectivity index (χ1v) is 51.9. The molecular formula is C52H82S8Sn2. The van der Waals surface area contributed by atoms with E-state index in [2.05, 4.69) is 174 Å². The number of hydrogen-bond donors (Lipinski definition) is 0. The third kappa shape index (κ3) is 16.3. The van der Waals surface area contributed by atoms with E-state index in [0.717, 1.165) is 0 Å². The molecule has 10 heteroatoms.